The van der Waals surface area contributed by atoms with E-state index in [2.05, 4.69) is 15.6 Å². The molecule has 0 aliphatic heterocycles. The molecule has 0 bridgehead atoms. The number of ether oxygens (including phenoxy) is 2. The number of nitrogens with zero attached hydrogens (tertiary/aromatic N) is 2. The maximum atomic E-state index is 14.3. The zero-order chi connectivity index (χ0) is 19.2. The van der Waals surface area contributed by atoms with Gasteiger partial charge in [-0.2, -0.15) is 0 Å². The van der Waals surface area contributed by atoms with Crippen LogP contribution < -0.4 is 15.5 Å². The van der Waals surface area contributed by atoms with Crippen LogP contribution in [-0.2, 0) is 16.0 Å². The molecule has 2 N–H and O–H groups in total. The fourth-order valence-corrected chi connectivity index (χ4v) is 2.51. The van der Waals surface area contributed by atoms with Crippen LogP contribution in [0, 0.1) is 5.82 Å². The maximum absolute atomic E-state index is 14.3. The first-order valence-corrected chi connectivity index (χ1v) is 9.20. The summed E-state index contributed by atoms with van der Waals surface area (Å²) in [7, 11) is 3.37. The number of hydrogen-bond donors (Lipinski definition) is 2. The van der Waals surface area contributed by atoms with Gasteiger partial charge in [-0.1, -0.05) is 6.07 Å². The first-order chi connectivity index (χ1) is 12.7. The van der Waals surface area contributed by atoms with Crippen molar-refractivity contribution in [2.24, 2.45) is 4.99 Å². The van der Waals surface area contributed by atoms with E-state index in [4.69, 9.17) is 9.47 Å². The summed E-state index contributed by atoms with van der Waals surface area (Å²) in [6.07, 6.45) is 0.873. The Hall–Kier alpha value is -1.13. The van der Waals surface area contributed by atoms with Crippen molar-refractivity contribution in [1.29, 1.82) is 0 Å². The van der Waals surface area contributed by atoms with Gasteiger partial charge >= 0.3 is 0 Å². The molecule has 1 rings (SSSR count). The minimum Gasteiger partial charge on any atom is -0.382 e. The largest absolute Gasteiger partial charge is 0.382 e. The summed E-state index contributed by atoms with van der Waals surface area (Å²) < 4.78 is 24.6. The summed E-state index contributed by atoms with van der Waals surface area (Å²) >= 11 is 0. The number of benzene rings is 1. The van der Waals surface area contributed by atoms with E-state index in [1.54, 1.807) is 20.2 Å². The minimum absolute atomic E-state index is 0. The lowest BCUT2D eigenvalue weighted by Crippen LogP contribution is -2.37. The molecule has 27 heavy (non-hydrogen) atoms. The van der Waals surface area contributed by atoms with E-state index < -0.39 is 0 Å². The van der Waals surface area contributed by atoms with Gasteiger partial charge in [0, 0.05) is 46.9 Å². The maximum Gasteiger partial charge on any atom is 0.191 e. The third kappa shape index (κ3) is 10.1. The number of rotatable bonds is 12. The van der Waals surface area contributed by atoms with Crippen molar-refractivity contribution < 1.29 is 13.9 Å². The van der Waals surface area contributed by atoms with Gasteiger partial charge < -0.3 is 25.0 Å². The Balaban J connectivity index is 0.00000676. The van der Waals surface area contributed by atoms with Crippen LogP contribution in [-0.4, -0.2) is 59.6 Å². The van der Waals surface area contributed by atoms with E-state index in [-0.39, 0.29) is 29.8 Å². The Labute approximate surface area is 179 Å². The molecule has 0 aliphatic carbocycles. The predicted octanol–water partition coefficient (Wildman–Crippen LogP) is 3.01. The topological polar surface area (TPSA) is 58.1 Å². The summed E-state index contributed by atoms with van der Waals surface area (Å²) in [4.78, 5) is 6.18. The fraction of sp³-hybridized carbons (Fsp3) is 0.632. The number of hydrogen-bond acceptors (Lipinski definition) is 4. The molecule has 6 nitrogen and oxygen atoms in total. The third-order valence-corrected chi connectivity index (χ3v) is 3.99. The highest BCUT2D eigenvalue weighted by Gasteiger charge is 2.09. The number of guanidine groups is 1. The van der Waals surface area contributed by atoms with Crippen LogP contribution in [0.2, 0.25) is 0 Å². The highest BCUT2D eigenvalue weighted by molar-refractivity contribution is 14.0. The van der Waals surface area contributed by atoms with Crippen molar-refractivity contribution in [1.82, 2.24) is 10.6 Å². The molecular weight excluding hydrogens is 462 g/mol. The molecular formula is C19H34FIN4O2. The van der Waals surface area contributed by atoms with E-state index >= 15 is 0 Å². The van der Waals surface area contributed by atoms with Crippen LogP contribution in [0.4, 0.5) is 10.1 Å². The highest BCUT2D eigenvalue weighted by atomic mass is 127. The summed E-state index contributed by atoms with van der Waals surface area (Å²) in [5, 5.41) is 6.42. The smallest absolute Gasteiger partial charge is 0.191 e. The van der Waals surface area contributed by atoms with Gasteiger partial charge in [0.15, 0.2) is 5.96 Å². The average molecular weight is 496 g/mol. The number of anilines is 1. The Morgan fingerprint density at radius 2 is 1.89 bits per heavy atom. The lowest BCUT2D eigenvalue weighted by molar-refractivity contribution is 0.0698. The molecule has 0 spiro atoms. The van der Waals surface area contributed by atoms with Crippen LogP contribution in [0.3, 0.4) is 0 Å². The van der Waals surface area contributed by atoms with E-state index in [1.807, 2.05) is 30.9 Å². The molecule has 156 valence electrons. The normalized spacial score (nSPS) is 11.1. The molecule has 0 amide bonds. The molecule has 0 aliphatic rings. The van der Waals surface area contributed by atoms with Crippen LogP contribution in [0.1, 0.15) is 25.8 Å². The van der Waals surface area contributed by atoms with Crippen molar-refractivity contribution in [2.75, 3.05) is 58.5 Å². The summed E-state index contributed by atoms with van der Waals surface area (Å²) in [5.74, 6) is 0.499. The van der Waals surface area contributed by atoms with E-state index in [0.29, 0.717) is 38.0 Å². The lowest BCUT2D eigenvalue weighted by Gasteiger charge is -2.22. The lowest BCUT2D eigenvalue weighted by atomic mass is 10.2. The molecule has 0 aromatic heterocycles. The van der Waals surface area contributed by atoms with Gasteiger partial charge in [0.25, 0.3) is 0 Å². The molecule has 1 aromatic rings. The zero-order valence-electron chi connectivity index (χ0n) is 16.9. The van der Waals surface area contributed by atoms with E-state index in [0.717, 1.165) is 31.6 Å². The van der Waals surface area contributed by atoms with Crippen molar-refractivity contribution >= 4 is 35.6 Å². The molecule has 0 atom stereocenters. The molecule has 0 saturated heterocycles. The summed E-state index contributed by atoms with van der Waals surface area (Å²) in [6.45, 7) is 8.78. The third-order valence-electron chi connectivity index (χ3n) is 3.99. The second kappa shape index (κ2) is 15.9. The fourth-order valence-electron chi connectivity index (χ4n) is 2.51. The molecule has 8 heteroatoms. The standard InChI is InChI=1S/C19H33FN4O2.HI/c1-5-24(6-2)18-9-8-16(14-17(18)20)15-23-19(21-3)22-10-7-11-26-13-12-25-4;/h8-9,14H,5-7,10-13,15H2,1-4H3,(H2,21,22,23);1H. The first kappa shape index (κ1) is 25.9. The monoisotopic (exact) mass is 496 g/mol. The van der Waals surface area contributed by atoms with Crippen molar-refractivity contribution in [2.45, 2.75) is 26.8 Å². The molecule has 0 unspecified atom stereocenters. The van der Waals surface area contributed by atoms with Crippen LogP contribution in [0.5, 0.6) is 0 Å². The van der Waals surface area contributed by atoms with Gasteiger partial charge in [-0.15, -0.1) is 24.0 Å². The van der Waals surface area contributed by atoms with Gasteiger partial charge in [0.1, 0.15) is 5.82 Å². The summed E-state index contributed by atoms with van der Waals surface area (Å²) in [6, 6.07) is 5.37. The number of aliphatic imine (C=N–C) groups is 1. The van der Waals surface area contributed by atoms with Crippen molar-refractivity contribution in [3.8, 4) is 0 Å². The second-order valence-electron chi connectivity index (χ2n) is 5.77. The van der Waals surface area contributed by atoms with Gasteiger partial charge in [-0.05, 0) is 38.0 Å². The van der Waals surface area contributed by atoms with Gasteiger partial charge in [0.05, 0.1) is 18.9 Å². The highest BCUT2D eigenvalue weighted by Crippen LogP contribution is 2.20. The average Bonchev–Trinajstić information content (AvgIpc) is 2.65. The SMILES string of the molecule is CCN(CC)c1ccc(CNC(=NC)NCCCOCCOC)cc1F.I. The number of nitrogens with one attached hydrogen (secondary N) is 2. The zero-order valence-corrected chi connectivity index (χ0v) is 19.2. The molecule has 0 heterocycles. The van der Waals surface area contributed by atoms with Crippen LogP contribution >= 0.6 is 24.0 Å². The van der Waals surface area contributed by atoms with E-state index in [1.165, 1.54) is 0 Å². The van der Waals surface area contributed by atoms with Gasteiger partial charge in [-0.25, -0.2) is 4.39 Å². The Bertz CT molecular complexity index is 542. The Kier molecular flexibility index (Phi) is 15.2. The predicted molar refractivity (Wildman–Crippen MR) is 121 cm³/mol. The Morgan fingerprint density at radius 1 is 1.15 bits per heavy atom. The van der Waals surface area contributed by atoms with E-state index in [9.17, 15) is 4.39 Å². The quantitative estimate of drug-likeness (QED) is 0.202. The van der Waals surface area contributed by atoms with Crippen LogP contribution in [0.15, 0.2) is 23.2 Å². The van der Waals surface area contributed by atoms with Crippen molar-refractivity contribution in [3.05, 3.63) is 29.6 Å². The van der Waals surface area contributed by atoms with Gasteiger partial charge in [-0.3, -0.25) is 4.99 Å². The number of halogens is 2. The second-order valence-corrected chi connectivity index (χ2v) is 5.77. The first-order valence-electron chi connectivity index (χ1n) is 9.20. The van der Waals surface area contributed by atoms with Crippen molar-refractivity contribution in [3.63, 3.8) is 0 Å². The van der Waals surface area contributed by atoms with Crippen LogP contribution in [0.25, 0.3) is 0 Å². The Morgan fingerprint density at radius 3 is 2.48 bits per heavy atom. The number of methoxy groups -OCH3 is 1. The molecule has 0 radical (unpaired) electrons. The van der Waals surface area contributed by atoms with Gasteiger partial charge in [0.2, 0.25) is 0 Å². The minimum atomic E-state index is -0.191. The molecule has 0 saturated carbocycles. The molecule has 0 fully saturated rings. The molecule has 1 aromatic carbocycles. The summed E-state index contributed by atoms with van der Waals surface area (Å²) in [5.41, 5.74) is 1.53.